The summed E-state index contributed by atoms with van der Waals surface area (Å²) in [7, 11) is 2.14. The number of piperazine rings is 1. The normalized spacial score (nSPS) is 14.9. The Balaban J connectivity index is 1.29. The topological polar surface area (TPSA) is 48.5 Å². The highest BCUT2D eigenvalue weighted by Gasteiger charge is 2.18. The first-order valence-corrected chi connectivity index (χ1v) is 11.7. The molecule has 3 aromatic rings. The Labute approximate surface area is 186 Å². The van der Waals surface area contributed by atoms with Crippen molar-refractivity contribution >= 4 is 50.4 Å². The van der Waals surface area contributed by atoms with E-state index in [0.29, 0.717) is 11.4 Å². The number of carbonyl (C=O) groups excluding carboxylic acids is 1. The molecule has 30 heavy (non-hydrogen) atoms. The average Bonchev–Trinajstić information content (AvgIpc) is 3.15. The van der Waals surface area contributed by atoms with E-state index in [4.69, 9.17) is 11.6 Å². The molecule has 1 N–H and O–H groups in total. The standard InChI is InChI=1S/C23H27ClN4OS/c1-27-12-14-28(15-13-27)20-11-10-17(24)16-19(20)25-22(29)8-4-5-9-23-26-18-6-2-3-7-21(18)30-23/h2-3,6-7,10-11,16H,4-5,8-9,12-15H2,1H3,(H,25,29). The van der Waals surface area contributed by atoms with Crippen LogP contribution in [0.15, 0.2) is 42.5 Å². The summed E-state index contributed by atoms with van der Waals surface area (Å²) in [5.74, 6) is 0.0388. The molecule has 5 nitrogen and oxygen atoms in total. The highest BCUT2D eigenvalue weighted by atomic mass is 35.5. The van der Waals surface area contributed by atoms with Crippen LogP contribution in [-0.4, -0.2) is 49.0 Å². The van der Waals surface area contributed by atoms with Crippen molar-refractivity contribution < 1.29 is 4.79 Å². The number of amides is 1. The van der Waals surface area contributed by atoms with E-state index >= 15 is 0 Å². The summed E-state index contributed by atoms with van der Waals surface area (Å²) in [4.78, 5) is 21.9. The fourth-order valence-corrected chi connectivity index (χ4v) is 4.91. The summed E-state index contributed by atoms with van der Waals surface area (Å²) >= 11 is 7.95. The van der Waals surface area contributed by atoms with Gasteiger partial charge in [0, 0.05) is 37.6 Å². The Hall–Kier alpha value is -2.15. The van der Waals surface area contributed by atoms with Crippen molar-refractivity contribution in [2.24, 2.45) is 0 Å². The van der Waals surface area contributed by atoms with Gasteiger partial charge in [0.05, 0.1) is 26.6 Å². The summed E-state index contributed by atoms with van der Waals surface area (Å²) in [5.41, 5.74) is 2.92. The van der Waals surface area contributed by atoms with Gasteiger partial charge in [0.1, 0.15) is 0 Å². The van der Waals surface area contributed by atoms with Gasteiger partial charge in [-0.2, -0.15) is 0 Å². The maximum atomic E-state index is 12.6. The molecular weight excluding hydrogens is 416 g/mol. The zero-order chi connectivity index (χ0) is 20.9. The van der Waals surface area contributed by atoms with Gasteiger partial charge in [-0.1, -0.05) is 23.7 Å². The molecule has 2 heterocycles. The monoisotopic (exact) mass is 442 g/mol. The minimum absolute atomic E-state index is 0.0388. The molecule has 7 heteroatoms. The molecular formula is C23H27ClN4OS. The minimum Gasteiger partial charge on any atom is -0.367 e. The molecule has 1 saturated heterocycles. The fourth-order valence-electron chi connectivity index (χ4n) is 3.73. The van der Waals surface area contributed by atoms with Crippen molar-refractivity contribution in [3.8, 4) is 0 Å². The van der Waals surface area contributed by atoms with Gasteiger partial charge in [-0.3, -0.25) is 4.79 Å². The van der Waals surface area contributed by atoms with Crippen LogP contribution in [-0.2, 0) is 11.2 Å². The minimum atomic E-state index is 0.0388. The molecule has 0 spiro atoms. The molecule has 1 aliphatic rings. The van der Waals surface area contributed by atoms with Crippen LogP contribution in [0.1, 0.15) is 24.3 Å². The lowest BCUT2D eigenvalue weighted by Gasteiger charge is -2.35. The quantitative estimate of drug-likeness (QED) is 0.520. The summed E-state index contributed by atoms with van der Waals surface area (Å²) < 4.78 is 1.22. The molecule has 2 aromatic carbocycles. The van der Waals surface area contributed by atoms with Crippen molar-refractivity contribution in [1.82, 2.24) is 9.88 Å². The number of aryl methyl sites for hydroxylation is 1. The SMILES string of the molecule is CN1CCN(c2ccc(Cl)cc2NC(=O)CCCCc2nc3ccccc3s2)CC1. The third kappa shape index (κ3) is 5.31. The number of halogens is 1. The second-order valence-electron chi connectivity index (χ2n) is 7.78. The van der Waals surface area contributed by atoms with E-state index in [1.54, 1.807) is 11.3 Å². The molecule has 0 bridgehead atoms. The number of aromatic nitrogens is 1. The zero-order valence-electron chi connectivity index (χ0n) is 17.2. The summed E-state index contributed by atoms with van der Waals surface area (Å²) in [6.07, 6.45) is 3.20. The van der Waals surface area contributed by atoms with Crippen LogP contribution in [0.3, 0.4) is 0 Å². The number of unbranched alkanes of at least 4 members (excludes halogenated alkanes) is 1. The van der Waals surface area contributed by atoms with Gasteiger partial charge < -0.3 is 15.1 Å². The largest absolute Gasteiger partial charge is 0.367 e. The number of rotatable bonds is 7. The second kappa shape index (κ2) is 9.77. The van der Waals surface area contributed by atoms with E-state index in [1.807, 2.05) is 36.4 Å². The van der Waals surface area contributed by atoms with Crippen LogP contribution >= 0.6 is 22.9 Å². The number of thiazole rings is 1. The van der Waals surface area contributed by atoms with Crippen LogP contribution < -0.4 is 10.2 Å². The van der Waals surface area contributed by atoms with Crippen LogP contribution in [0.2, 0.25) is 5.02 Å². The molecule has 158 valence electrons. The third-order valence-electron chi connectivity index (χ3n) is 5.46. The third-order valence-corrected chi connectivity index (χ3v) is 6.79. The molecule has 0 unspecified atom stereocenters. The predicted molar refractivity (Wildman–Crippen MR) is 127 cm³/mol. The second-order valence-corrected chi connectivity index (χ2v) is 9.33. The first kappa shape index (κ1) is 21.1. The van der Waals surface area contributed by atoms with Crippen LogP contribution in [0.4, 0.5) is 11.4 Å². The van der Waals surface area contributed by atoms with Crippen molar-refractivity contribution in [1.29, 1.82) is 0 Å². The van der Waals surface area contributed by atoms with E-state index in [9.17, 15) is 4.79 Å². The molecule has 0 radical (unpaired) electrons. The van der Waals surface area contributed by atoms with E-state index < -0.39 is 0 Å². The fraction of sp³-hybridized carbons (Fsp3) is 0.391. The van der Waals surface area contributed by atoms with Crippen LogP contribution in [0.25, 0.3) is 10.2 Å². The molecule has 0 aliphatic carbocycles. The number of hydrogen-bond acceptors (Lipinski definition) is 5. The first-order chi connectivity index (χ1) is 14.6. The van der Waals surface area contributed by atoms with Gasteiger partial charge in [-0.25, -0.2) is 4.98 Å². The molecule has 1 amide bonds. The number of nitrogens with zero attached hydrogens (tertiary/aromatic N) is 3. The van der Waals surface area contributed by atoms with Gasteiger partial charge >= 0.3 is 0 Å². The van der Waals surface area contributed by atoms with Crippen molar-refractivity contribution in [2.75, 3.05) is 43.4 Å². The van der Waals surface area contributed by atoms with Gasteiger partial charge in [0.25, 0.3) is 0 Å². The van der Waals surface area contributed by atoms with E-state index in [2.05, 4.69) is 33.2 Å². The predicted octanol–water partition coefficient (Wildman–Crippen LogP) is 5.05. The Morgan fingerprint density at radius 1 is 1.13 bits per heavy atom. The summed E-state index contributed by atoms with van der Waals surface area (Å²) in [5, 5.41) is 4.87. The Morgan fingerprint density at radius 2 is 1.93 bits per heavy atom. The van der Waals surface area contributed by atoms with Gasteiger partial charge in [0.2, 0.25) is 5.91 Å². The molecule has 1 aromatic heterocycles. The Bertz CT molecular complexity index is 980. The number of para-hydroxylation sites is 1. The maximum absolute atomic E-state index is 12.6. The summed E-state index contributed by atoms with van der Waals surface area (Å²) in [6, 6.07) is 14.0. The van der Waals surface area contributed by atoms with E-state index in [1.165, 1.54) is 4.70 Å². The lowest BCUT2D eigenvalue weighted by atomic mass is 10.1. The van der Waals surface area contributed by atoms with Gasteiger partial charge in [-0.15, -0.1) is 11.3 Å². The Kier molecular flexibility index (Phi) is 6.87. The number of fused-ring (bicyclic) bond motifs is 1. The average molecular weight is 443 g/mol. The number of anilines is 2. The van der Waals surface area contributed by atoms with E-state index in [-0.39, 0.29) is 5.91 Å². The molecule has 0 atom stereocenters. The van der Waals surface area contributed by atoms with Crippen molar-refractivity contribution in [2.45, 2.75) is 25.7 Å². The van der Waals surface area contributed by atoms with E-state index in [0.717, 1.165) is 67.3 Å². The molecule has 1 fully saturated rings. The number of likely N-dealkylation sites (N-methyl/N-ethyl adjacent to an activating group) is 1. The number of nitrogens with one attached hydrogen (secondary N) is 1. The summed E-state index contributed by atoms with van der Waals surface area (Å²) in [6.45, 7) is 3.93. The number of benzene rings is 2. The molecule has 1 aliphatic heterocycles. The molecule has 0 saturated carbocycles. The van der Waals surface area contributed by atoms with Crippen LogP contribution in [0.5, 0.6) is 0 Å². The Morgan fingerprint density at radius 3 is 2.73 bits per heavy atom. The van der Waals surface area contributed by atoms with Crippen molar-refractivity contribution in [3.63, 3.8) is 0 Å². The lowest BCUT2D eigenvalue weighted by molar-refractivity contribution is -0.116. The maximum Gasteiger partial charge on any atom is 0.224 e. The lowest BCUT2D eigenvalue weighted by Crippen LogP contribution is -2.44. The smallest absolute Gasteiger partial charge is 0.224 e. The van der Waals surface area contributed by atoms with Gasteiger partial charge in [-0.05, 0) is 56.6 Å². The number of carbonyl (C=O) groups is 1. The first-order valence-electron chi connectivity index (χ1n) is 10.5. The molecule has 4 rings (SSSR count). The zero-order valence-corrected chi connectivity index (χ0v) is 18.8. The van der Waals surface area contributed by atoms with Gasteiger partial charge in [0.15, 0.2) is 0 Å². The van der Waals surface area contributed by atoms with Crippen LogP contribution in [0, 0.1) is 0 Å². The van der Waals surface area contributed by atoms with Crippen molar-refractivity contribution in [3.05, 3.63) is 52.5 Å². The number of hydrogen-bond donors (Lipinski definition) is 1. The highest BCUT2D eigenvalue weighted by molar-refractivity contribution is 7.18. The highest BCUT2D eigenvalue weighted by Crippen LogP contribution is 2.30.